The van der Waals surface area contributed by atoms with Crippen LogP contribution in [0.15, 0.2) is 18.2 Å². The van der Waals surface area contributed by atoms with E-state index in [0.717, 1.165) is 15.6 Å². The molecule has 0 fully saturated rings. The molecule has 1 amide bonds. The summed E-state index contributed by atoms with van der Waals surface area (Å²) in [4.78, 5) is 11.8. The zero-order valence-electron chi connectivity index (χ0n) is 9.55. The Labute approximate surface area is 110 Å². The van der Waals surface area contributed by atoms with Crippen molar-refractivity contribution in [1.29, 1.82) is 0 Å². The third-order valence-corrected chi connectivity index (χ3v) is 3.07. The Morgan fingerprint density at radius 3 is 2.88 bits per heavy atom. The molecule has 4 heteroatoms. The first-order valence-electron chi connectivity index (χ1n) is 5.18. The Balaban J connectivity index is 2.53. The molecule has 0 atom stereocenters. The molecule has 0 spiro atoms. The normalized spacial score (nSPS) is 10.2. The van der Waals surface area contributed by atoms with Gasteiger partial charge in [-0.1, -0.05) is 11.6 Å². The second kappa shape index (κ2) is 6.85. The summed E-state index contributed by atoms with van der Waals surface area (Å²) in [6.45, 7) is 3.34. The molecule has 0 unspecified atom stereocenters. The van der Waals surface area contributed by atoms with Crippen LogP contribution in [0, 0.1) is 10.5 Å². The maximum Gasteiger partial charge on any atom is 0.252 e. The molecule has 0 aliphatic carbocycles. The molecule has 0 radical (unpaired) electrons. The fourth-order valence-electron chi connectivity index (χ4n) is 1.32. The van der Waals surface area contributed by atoms with Crippen LogP contribution in [0.1, 0.15) is 22.3 Å². The van der Waals surface area contributed by atoms with Gasteiger partial charge in [-0.2, -0.15) is 0 Å². The van der Waals surface area contributed by atoms with Crippen molar-refractivity contribution in [3.05, 3.63) is 32.9 Å². The predicted octanol–water partition coefficient (Wildman–Crippen LogP) is 2.37. The van der Waals surface area contributed by atoms with E-state index in [0.29, 0.717) is 13.2 Å². The monoisotopic (exact) mass is 333 g/mol. The van der Waals surface area contributed by atoms with E-state index in [4.69, 9.17) is 4.74 Å². The minimum Gasteiger partial charge on any atom is -0.385 e. The maximum atomic E-state index is 11.8. The van der Waals surface area contributed by atoms with E-state index in [9.17, 15) is 4.79 Å². The topological polar surface area (TPSA) is 38.3 Å². The van der Waals surface area contributed by atoms with Crippen LogP contribution in [0.25, 0.3) is 0 Å². The fraction of sp³-hybridized carbons (Fsp3) is 0.417. The molecule has 16 heavy (non-hydrogen) atoms. The molecule has 0 aromatic heterocycles. The standard InChI is InChI=1S/C12H16INO2/c1-9-4-5-10(11(13)8-9)12(15)14-6-3-7-16-2/h4-5,8H,3,6-7H2,1-2H3,(H,14,15). The van der Waals surface area contributed by atoms with Crippen LogP contribution in [0.3, 0.4) is 0 Å². The minimum atomic E-state index is -0.0134. The Kier molecular flexibility index (Phi) is 5.76. The quantitative estimate of drug-likeness (QED) is 0.664. The van der Waals surface area contributed by atoms with Crippen LogP contribution in [0.4, 0.5) is 0 Å². The highest BCUT2D eigenvalue weighted by molar-refractivity contribution is 14.1. The van der Waals surface area contributed by atoms with Gasteiger partial charge in [0, 0.05) is 23.8 Å². The van der Waals surface area contributed by atoms with Crippen molar-refractivity contribution >= 4 is 28.5 Å². The van der Waals surface area contributed by atoms with Crippen LogP contribution in [0.2, 0.25) is 0 Å². The van der Waals surface area contributed by atoms with Crippen molar-refractivity contribution < 1.29 is 9.53 Å². The SMILES string of the molecule is COCCCNC(=O)c1ccc(C)cc1I. The number of nitrogens with one attached hydrogen (secondary N) is 1. The van der Waals surface area contributed by atoms with Gasteiger partial charge < -0.3 is 10.1 Å². The lowest BCUT2D eigenvalue weighted by molar-refractivity contribution is 0.0947. The number of ether oxygens (including phenoxy) is 1. The number of hydrogen-bond donors (Lipinski definition) is 1. The zero-order chi connectivity index (χ0) is 12.0. The first kappa shape index (κ1) is 13.4. The molecular formula is C12H16INO2. The van der Waals surface area contributed by atoms with E-state index in [-0.39, 0.29) is 5.91 Å². The van der Waals surface area contributed by atoms with E-state index in [2.05, 4.69) is 27.9 Å². The summed E-state index contributed by atoms with van der Waals surface area (Å²) >= 11 is 2.18. The number of carbonyl (C=O) groups is 1. The molecule has 1 aromatic carbocycles. The van der Waals surface area contributed by atoms with E-state index in [1.165, 1.54) is 5.56 Å². The first-order chi connectivity index (χ1) is 7.65. The Morgan fingerprint density at radius 2 is 2.25 bits per heavy atom. The van der Waals surface area contributed by atoms with Crippen LogP contribution in [-0.2, 0) is 4.74 Å². The number of amides is 1. The molecule has 88 valence electrons. The molecule has 0 heterocycles. The maximum absolute atomic E-state index is 11.8. The Bertz CT molecular complexity index is 366. The highest BCUT2D eigenvalue weighted by atomic mass is 127. The summed E-state index contributed by atoms with van der Waals surface area (Å²) in [6.07, 6.45) is 0.838. The van der Waals surface area contributed by atoms with Gasteiger partial charge in [0.15, 0.2) is 0 Å². The molecular weight excluding hydrogens is 317 g/mol. The van der Waals surface area contributed by atoms with E-state index in [1.54, 1.807) is 7.11 Å². The van der Waals surface area contributed by atoms with Gasteiger partial charge in [0.05, 0.1) is 5.56 Å². The van der Waals surface area contributed by atoms with Crippen molar-refractivity contribution in [1.82, 2.24) is 5.32 Å². The van der Waals surface area contributed by atoms with Gasteiger partial charge in [-0.15, -0.1) is 0 Å². The molecule has 0 saturated carbocycles. The van der Waals surface area contributed by atoms with Crippen LogP contribution >= 0.6 is 22.6 Å². The predicted molar refractivity (Wildman–Crippen MR) is 72.7 cm³/mol. The van der Waals surface area contributed by atoms with Crippen molar-refractivity contribution in [2.24, 2.45) is 0 Å². The van der Waals surface area contributed by atoms with Crippen molar-refractivity contribution in [3.8, 4) is 0 Å². The van der Waals surface area contributed by atoms with Gasteiger partial charge in [-0.3, -0.25) is 4.79 Å². The lowest BCUT2D eigenvalue weighted by Gasteiger charge is -2.07. The minimum absolute atomic E-state index is 0.0134. The number of hydrogen-bond acceptors (Lipinski definition) is 2. The fourth-order valence-corrected chi connectivity index (χ4v) is 2.23. The summed E-state index contributed by atoms with van der Waals surface area (Å²) in [7, 11) is 1.66. The summed E-state index contributed by atoms with van der Waals surface area (Å²) in [5.74, 6) is -0.0134. The lowest BCUT2D eigenvalue weighted by atomic mass is 10.1. The first-order valence-corrected chi connectivity index (χ1v) is 6.26. The number of aryl methyl sites for hydroxylation is 1. The molecule has 0 aliphatic rings. The molecule has 1 rings (SSSR count). The Morgan fingerprint density at radius 1 is 1.50 bits per heavy atom. The number of carbonyl (C=O) groups excluding carboxylic acids is 1. The average molecular weight is 333 g/mol. The van der Waals surface area contributed by atoms with Gasteiger partial charge in [0.25, 0.3) is 5.91 Å². The largest absolute Gasteiger partial charge is 0.385 e. The molecule has 0 saturated heterocycles. The zero-order valence-corrected chi connectivity index (χ0v) is 11.7. The lowest BCUT2D eigenvalue weighted by Crippen LogP contribution is -2.25. The van der Waals surface area contributed by atoms with Crippen molar-refractivity contribution in [3.63, 3.8) is 0 Å². The van der Waals surface area contributed by atoms with Crippen LogP contribution < -0.4 is 5.32 Å². The summed E-state index contributed by atoms with van der Waals surface area (Å²) in [6, 6.07) is 5.82. The smallest absolute Gasteiger partial charge is 0.252 e. The van der Waals surface area contributed by atoms with E-state index < -0.39 is 0 Å². The van der Waals surface area contributed by atoms with E-state index in [1.807, 2.05) is 25.1 Å². The Hall–Kier alpha value is -0.620. The number of halogens is 1. The van der Waals surface area contributed by atoms with Gasteiger partial charge in [-0.25, -0.2) is 0 Å². The molecule has 1 N–H and O–H groups in total. The van der Waals surface area contributed by atoms with Gasteiger partial charge in [-0.05, 0) is 48.1 Å². The molecule has 0 aliphatic heterocycles. The molecule has 3 nitrogen and oxygen atoms in total. The van der Waals surface area contributed by atoms with Crippen molar-refractivity contribution in [2.45, 2.75) is 13.3 Å². The second-order valence-electron chi connectivity index (χ2n) is 3.59. The van der Waals surface area contributed by atoms with Gasteiger partial charge in [0.1, 0.15) is 0 Å². The average Bonchev–Trinajstić information content (AvgIpc) is 2.24. The van der Waals surface area contributed by atoms with Gasteiger partial charge >= 0.3 is 0 Å². The third-order valence-electron chi connectivity index (χ3n) is 2.18. The molecule has 0 bridgehead atoms. The highest BCUT2D eigenvalue weighted by Crippen LogP contribution is 2.13. The number of benzene rings is 1. The second-order valence-corrected chi connectivity index (χ2v) is 4.75. The van der Waals surface area contributed by atoms with Crippen LogP contribution in [0.5, 0.6) is 0 Å². The third kappa shape index (κ3) is 4.09. The van der Waals surface area contributed by atoms with Crippen molar-refractivity contribution in [2.75, 3.05) is 20.3 Å². The number of rotatable bonds is 5. The van der Waals surface area contributed by atoms with E-state index >= 15 is 0 Å². The molecule has 1 aromatic rings. The van der Waals surface area contributed by atoms with Crippen LogP contribution in [-0.4, -0.2) is 26.2 Å². The highest BCUT2D eigenvalue weighted by Gasteiger charge is 2.08. The van der Waals surface area contributed by atoms with Gasteiger partial charge in [0.2, 0.25) is 0 Å². The number of methoxy groups -OCH3 is 1. The summed E-state index contributed by atoms with van der Waals surface area (Å²) in [5, 5.41) is 2.87. The summed E-state index contributed by atoms with van der Waals surface area (Å²) < 4.78 is 5.90. The summed E-state index contributed by atoms with van der Waals surface area (Å²) in [5.41, 5.74) is 1.91.